The van der Waals surface area contributed by atoms with E-state index in [1.165, 1.54) is 24.3 Å². The normalized spacial score (nSPS) is 16.2. The minimum atomic E-state index is -4.09. The third-order valence-electron chi connectivity index (χ3n) is 8.61. The number of aryl methyl sites for hydroxylation is 1. The molecule has 5 aromatic rings. The Hall–Kier alpha value is -4.68. The van der Waals surface area contributed by atoms with Crippen LogP contribution in [0.1, 0.15) is 61.9 Å². The van der Waals surface area contributed by atoms with Gasteiger partial charge in [0.2, 0.25) is 11.6 Å². The number of aromatic nitrogens is 3. The van der Waals surface area contributed by atoms with Crippen molar-refractivity contribution in [2.24, 2.45) is 7.05 Å². The topological polar surface area (TPSA) is 136 Å². The van der Waals surface area contributed by atoms with Gasteiger partial charge in [-0.15, -0.1) is 0 Å². The molecule has 10 nitrogen and oxygen atoms in total. The number of anilines is 1. The van der Waals surface area contributed by atoms with Gasteiger partial charge in [0.25, 0.3) is 0 Å². The molecule has 1 atom stereocenters. The van der Waals surface area contributed by atoms with Crippen LogP contribution < -0.4 is 4.90 Å². The summed E-state index contributed by atoms with van der Waals surface area (Å²) in [6.45, 7) is 2.77. The Bertz CT molecular complexity index is 2330. The number of ketones is 2. The second-order valence-electron chi connectivity index (χ2n) is 11.7. The van der Waals surface area contributed by atoms with Gasteiger partial charge in [0.1, 0.15) is 11.4 Å². The molecule has 1 aliphatic carbocycles. The van der Waals surface area contributed by atoms with E-state index in [2.05, 4.69) is 14.9 Å². The quantitative estimate of drug-likeness (QED) is 0.262. The second kappa shape index (κ2) is 10.2. The molecule has 3 heterocycles. The second-order valence-corrected chi connectivity index (χ2v) is 15.7. The van der Waals surface area contributed by atoms with Gasteiger partial charge in [0, 0.05) is 60.5 Å². The van der Waals surface area contributed by atoms with Crippen molar-refractivity contribution in [1.29, 1.82) is 0 Å². The molecule has 7 rings (SSSR count). The highest BCUT2D eigenvalue weighted by Crippen LogP contribution is 2.37. The fraction of sp³-hybridized carbons (Fsp3) is 0.212. The Kier molecular flexibility index (Phi) is 6.57. The average Bonchev–Trinajstić information content (AvgIpc) is 3.53. The van der Waals surface area contributed by atoms with Crippen LogP contribution in [0, 0.1) is 0 Å². The summed E-state index contributed by atoms with van der Waals surface area (Å²) in [6.07, 6.45) is 1.82. The summed E-state index contributed by atoms with van der Waals surface area (Å²) >= 11 is 0. The predicted octanol–water partition coefficient (Wildman–Crippen LogP) is 4.24. The minimum Gasteiger partial charge on any atom is -0.374 e. The van der Waals surface area contributed by atoms with Gasteiger partial charge in [-0.3, -0.25) is 9.59 Å². The lowest BCUT2D eigenvalue weighted by atomic mass is 9.89. The average molecular weight is 641 g/mol. The van der Waals surface area contributed by atoms with Gasteiger partial charge in [-0.25, -0.2) is 26.8 Å². The van der Waals surface area contributed by atoms with Crippen molar-refractivity contribution < 1.29 is 26.4 Å². The molecule has 0 amide bonds. The van der Waals surface area contributed by atoms with E-state index >= 15 is 0 Å². The van der Waals surface area contributed by atoms with Crippen LogP contribution in [0.3, 0.4) is 0 Å². The van der Waals surface area contributed by atoms with Crippen molar-refractivity contribution in [2.45, 2.75) is 34.1 Å². The first-order valence-electron chi connectivity index (χ1n) is 14.3. The highest BCUT2D eigenvalue weighted by molar-refractivity contribution is 7.91. The molecule has 0 saturated carbocycles. The van der Waals surface area contributed by atoms with E-state index in [1.54, 1.807) is 42.5 Å². The Morgan fingerprint density at radius 3 is 1.91 bits per heavy atom. The SMILES string of the molecule is CC1CN(C)c2ccc(S(=O)(=O)Cc3nc4c(nc3CS(=O)(=O)c3ccc5c(ccn5C)c3)C(=O)c3ccccc3C4=O)cc21. The van der Waals surface area contributed by atoms with Crippen LogP contribution in [0.5, 0.6) is 0 Å². The molecule has 45 heavy (non-hydrogen) atoms. The van der Waals surface area contributed by atoms with Gasteiger partial charge in [-0.2, -0.15) is 0 Å². The van der Waals surface area contributed by atoms with Crippen LogP contribution in [0.15, 0.2) is 82.7 Å². The van der Waals surface area contributed by atoms with Gasteiger partial charge in [0.05, 0.1) is 32.7 Å². The highest BCUT2D eigenvalue weighted by Gasteiger charge is 2.35. The minimum absolute atomic E-state index is 0.0130. The molecular formula is C33H28N4O6S2. The summed E-state index contributed by atoms with van der Waals surface area (Å²) in [7, 11) is -4.37. The molecule has 0 fully saturated rings. The number of likely N-dealkylation sites (N-methyl/N-ethyl adjacent to an activating group) is 1. The maximum absolute atomic E-state index is 13.9. The van der Waals surface area contributed by atoms with Crippen LogP contribution in [0.4, 0.5) is 5.69 Å². The molecule has 0 N–H and O–H groups in total. The Balaban J connectivity index is 1.34. The lowest BCUT2D eigenvalue weighted by Gasteiger charge is -2.19. The van der Waals surface area contributed by atoms with E-state index in [0.29, 0.717) is 5.39 Å². The van der Waals surface area contributed by atoms with E-state index in [-0.39, 0.29) is 49.6 Å². The van der Waals surface area contributed by atoms with Crippen LogP contribution in [0.25, 0.3) is 10.9 Å². The number of carbonyl (C=O) groups is 2. The summed E-state index contributed by atoms with van der Waals surface area (Å²) in [5.41, 5.74) is 1.97. The molecule has 3 aromatic carbocycles. The van der Waals surface area contributed by atoms with E-state index in [9.17, 15) is 26.4 Å². The fourth-order valence-corrected chi connectivity index (χ4v) is 8.92. The Morgan fingerprint density at radius 1 is 0.756 bits per heavy atom. The Labute approximate surface area is 260 Å². The number of hydrogen-bond acceptors (Lipinski definition) is 9. The number of fused-ring (bicyclic) bond motifs is 4. The standard InChI is InChI=1S/C33H28N4O6S2/c1-19-16-37(3)29-11-9-22(15-25(19)29)45(42,43)18-27-26(17-44(40,41)21-8-10-28-20(14-21)12-13-36(28)2)34-30-31(35-27)33(39)24-7-5-4-6-23(24)32(30)38/h4-15,19H,16-18H2,1-3H3. The molecule has 0 spiro atoms. The summed E-state index contributed by atoms with van der Waals surface area (Å²) in [6, 6.07) is 17.6. The van der Waals surface area contributed by atoms with Gasteiger partial charge in [0.15, 0.2) is 19.7 Å². The zero-order valence-corrected chi connectivity index (χ0v) is 26.3. The number of hydrogen-bond donors (Lipinski definition) is 0. The summed E-state index contributed by atoms with van der Waals surface area (Å²) in [4.78, 5) is 37.8. The number of benzene rings is 3. The number of rotatable bonds is 6. The first kappa shape index (κ1) is 29.1. The molecule has 2 aliphatic rings. The molecular weight excluding hydrogens is 613 g/mol. The summed E-state index contributed by atoms with van der Waals surface area (Å²) < 4.78 is 57.1. The monoisotopic (exact) mass is 640 g/mol. The van der Waals surface area contributed by atoms with Crippen LogP contribution >= 0.6 is 0 Å². The third-order valence-corrected chi connectivity index (χ3v) is 11.9. The van der Waals surface area contributed by atoms with Gasteiger partial charge < -0.3 is 9.47 Å². The number of carbonyl (C=O) groups excluding carboxylic acids is 2. The van der Waals surface area contributed by atoms with Gasteiger partial charge in [-0.1, -0.05) is 31.2 Å². The zero-order valence-electron chi connectivity index (χ0n) is 24.7. The van der Waals surface area contributed by atoms with Crippen molar-refractivity contribution >= 4 is 47.8 Å². The highest BCUT2D eigenvalue weighted by atomic mass is 32.2. The van der Waals surface area contributed by atoms with Crippen molar-refractivity contribution in [3.63, 3.8) is 0 Å². The maximum atomic E-state index is 13.9. The molecule has 12 heteroatoms. The van der Waals surface area contributed by atoms with Crippen LogP contribution in [0.2, 0.25) is 0 Å². The van der Waals surface area contributed by atoms with Crippen molar-refractivity contribution in [1.82, 2.24) is 14.5 Å². The zero-order chi connectivity index (χ0) is 31.8. The van der Waals surface area contributed by atoms with Gasteiger partial charge >= 0.3 is 0 Å². The van der Waals surface area contributed by atoms with Gasteiger partial charge in [-0.05, 0) is 48.0 Å². The number of nitrogens with zero attached hydrogens (tertiary/aromatic N) is 4. The van der Waals surface area contributed by atoms with E-state index in [1.807, 2.05) is 31.8 Å². The molecule has 0 radical (unpaired) electrons. The largest absolute Gasteiger partial charge is 0.374 e. The smallest absolute Gasteiger partial charge is 0.214 e. The van der Waals surface area contributed by atoms with Crippen molar-refractivity contribution in [3.05, 3.63) is 112 Å². The fourth-order valence-electron chi connectivity index (χ4n) is 6.24. The molecule has 2 aromatic heterocycles. The van der Waals surface area contributed by atoms with E-state index in [4.69, 9.17) is 0 Å². The summed E-state index contributed by atoms with van der Waals surface area (Å²) in [5, 5.41) is 0.715. The molecule has 1 unspecified atom stereocenters. The summed E-state index contributed by atoms with van der Waals surface area (Å²) in [5.74, 6) is -2.46. The van der Waals surface area contributed by atoms with Crippen LogP contribution in [-0.4, -0.2) is 56.5 Å². The predicted molar refractivity (Wildman–Crippen MR) is 168 cm³/mol. The molecule has 0 bridgehead atoms. The van der Waals surface area contributed by atoms with Crippen LogP contribution in [-0.2, 0) is 38.2 Å². The number of sulfone groups is 2. The molecule has 228 valence electrons. The lowest BCUT2D eigenvalue weighted by molar-refractivity contribution is 0.0971. The molecule has 1 aliphatic heterocycles. The third kappa shape index (κ3) is 4.75. The first-order chi connectivity index (χ1) is 21.3. The van der Waals surface area contributed by atoms with E-state index < -0.39 is 42.7 Å². The first-order valence-corrected chi connectivity index (χ1v) is 17.6. The van der Waals surface area contributed by atoms with Crippen molar-refractivity contribution in [2.75, 3.05) is 18.5 Å². The Morgan fingerprint density at radius 2 is 1.31 bits per heavy atom. The lowest BCUT2D eigenvalue weighted by Crippen LogP contribution is -2.27. The van der Waals surface area contributed by atoms with Crippen molar-refractivity contribution in [3.8, 4) is 0 Å². The van der Waals surface area contributed by atoms with E-state index in [0.717, 1.165) is 23.3 Å². The molecule has 0 saturated heterocycles. The maximum Gasteiger partial charge on any atom is 0.214 e.